The van der Waals surface area contributed by atoms with E-state index in [-0.39, 0.29) is 5.69 Å². The number of hydrogen-bond donors (Lipinski definition) is 0. The van der Waals surface area contributed by atoms with Gasteiger partial charge in [-0.15, -0.1) is 5.10 Å². The molecular formula is C15H11F2N3O. The van der Waals surface area contributed by atoms with Crippen LogP contribution >= 0.6 is 0 Å². The molecule has 0 bridgehead atoms. The second-order valence-corrected chi connectivity index (χ2v) is 4.59. The van der Waals surface area contributed by atoms with Crippen LogP contribution in [0.4, 0.5) is 8.78 Å². The lowest BCUT2D eigenvalue weighted by molar-refractivity contribution is 0.111. The molecule has 106 valence electrons. The quantitative estimate of drug-likeness (QED) is 0.695. The minimum atomic E-state index is -0.886. The minimum Gasteiger partial charge on any atom is -0.341 e. The van der Waals surface area contributed by atoms with Crippen LogP contribution in [-0.4, -0.2) is 21.1 Å². The molecule has 0 unspecified atom stereocenters. The van der Waals surface area contributed by atoms with Crippen molar-refractivity contribution in [1.29, 1.82) is 0 Å². The molecule has 6 heteroatoms. The highest BCUT2D eigenvalue weighted by Crippen LogP contribution is 2.29. The third-order valence-corrected chi connectivity index (χ3v) is 3.35. The first-order valence-electron chi connectivity index (χ1n) is 6.40. The fourth-order valence-corrected chi connectivity index (χ4v) is 2.42. The van der Waals surface area contributed by atoms with Gasteiger partial charge in [0, 0.05) is 23.6 Å². The lowest BCUT2D eigenvalue weighted by Gasteiger charge is -2.08. The van der Waals surface area contributed by atoms with E-state index in [1.165, 1.54) is 12.3 Å². The summed E-state index contributed by atoms with van der Waals surface area (Å²) < 4.78 is 28.6. The molecule has 3 aromatic rings. The van der Waals surface area contributed by atoms with Crippen molar-refractivity contribution in [3.63, 3.8) is 0 Å². The van der Waals surface area contributed by atoms with E-state index in [4.69, 9.17) is 0 Å². The van der Waals surface area contributed by atoms with Gasteiger partial charge in [-0.25, -0.2) is 8.78 Å². The molecule has 0 saturated carbocycles. The number of nitrogens with zero attached hydrogens (tertiary/aromatic N) is 3. The zero-order valence-corrected chi connectivity index (χ0v) is 11.2. The fourth-order valence-electron chi connectivity index (χ4n) is 2.42. The van der Waals surface area contributed by atoms with Gasteiger partial charge in [-0.2, -0.15) is 5.10 Å². The van der Waals surface area contributed by atoms with E-state index in [1.54, 1.807) is 12.1 Å². The average molecular weight is 287 g/mol. The van der Waals surface area contributed by atoms with Crippen molar-refractivity contribution in [3.05, 3.63) is 47.8 Å². The summed E-state index contributed by atoms with van der Waals surface area (Å²) in [6.07, 6.45) is 2.12. The molecule has 3 rings (SSSR count). The Bertz CT molecular complexity index is 842. The highest BCUT2D eigenvalue weighted by atomic mass is 19.2. The molecule has 0 fully saturated rings. The Balaban J connectivity index is 2.28. The summed E-state index contributed by atoms with van der Waals surface area (Å²) >= 11 is 0. The number of aromatic nitrogens is 3. The standard InChI is InChI=1S/C15H11F2N3O/c1-2-20-14(10-3-11(8-21)19-18-7-10)5-9-4-12(16)13(17)6-15(9)20/h3-8H,2H2,1H3. The van der Waals surface area contributed by atoms with E-state index in [1.807, 2.05) is 11.5 Å². The second-order valence-electron chi connectivity index (χ2n) is 4.59. The first-order valence-corrected chi connectivity index (χ1v) is 6.40. The van der Waals surface area contributed by atoms with Gasteiger partial charge in [0.05, 0.1) is 17.4 Å². The first-order chi connectivity index (χ1) is 10.1. The van der Waals surface area contributed by atoms with E-state index >= 15 is 0 Å². The molecule has 0 aliphatic rings. The van der Waals surface area contributed by atoms with Gasteiger partial charge in [0.1, 0.15) is 5.69 Å². The zero-order chi connectivity index (χ0) is 15.0. The van der Waals surface area contributed by atoms with Crippen LogP contribution in [0.2, 0.25) is 0 Å². The van der Waals surface area contributed by atoms with Crippen molar-refractivity contribution >= 4 is 17.2 Å². The van der Waals surface area contributed by atoms with Crippen LogP contribution in [-0.2, 0) is 6.54 Å². The molecule has 2 heterocycles. The van der Waals surface area contributed by atoms with Crippen LogP contribution in [0.3, 0.4) is 0 Å². The van der Waals surface area contributed by atoms with Crippen molar-refractivity contribution < 1.29 is 13.6 Å². The van der Waals surface area contributed by atoms with Crippen LogP contribution in [0.25, 0.3) is 22.2 Å². The SMILES string of the molecule is CCn1c(-c2cnnc(C=O)c2)cc2cc(F)c(F)cc21. The van der Waals surface area contributed by atoms with Gasteiger partial charge in [-0.05, 0) is 25.1 Å². The molecule has 0 atom stereocenters. The summed E-state index contributed by atoms with van der Waals surface area (Å²) in [7, 11) is 0. The highest BCUT2D eigenvalue weighted by Gasteiger charge is 2.14. The van der Waals surface area contributed by atoms with Crippen LogP contribution < -0.4 is 0 Å². The normalized spacial score (nSPS) is 11.0. The van der Waals surface area contributed by atoms with Crippen LogP contribution in [0.1, 0.15) is 17.4 Å². The summed E-state index contributed by atoms with van der Waals surface area (Å²) in [6, 6.07) is 5.67. The lowest BCUT2D eigenvalue weighted by atomic mass is 10.2. The van der Waals surface area contributed by atoms with Crippen LogP contribution in [0.15, 0.2) is 30.5 Å². The molecule has 0 radical (unpaired) electrons. The Kier molecular flexibility index (Phi) is 3.21. The predicted octanol–water partition coefficient (Wildman–Crippen LogP) is 3.21. The minimum absolute atomic E-state index is 0.206. The first kappa shape index (κ1) is 13.4. The Morgan fingerprint density at radius 3 is 2.67 bits per heavy atom. The maximum atomic E-state index is 13.4. The van der Waals surface area contributed by atoms with Crippen molar-refractivity contribution in [2.75, 3.05) is 0 Å². The fraction of sp³-hybridized carbons (Fsp3) is 0.133. The molecule has 4 nitrogen and oxygen atoms in total. The Labute approximate surface area is 119 Å². The summed E-state index contributed by atoms with van der Waals surface area (Å²) in [4.78, 5) is 10.8. The Morgan fingerprint density at radius 1 is 1.19 bits per heavy atom. The topological polar surface area (TPSA) is 47.8 Å². The van der Waals surface area contributed by atoms with Crippen LogP contribution in [0, 0.1) is 11.6 Å². The summed E-state index contributed by atoms with van der Waals surface area (Å²) in [6.45, 7) is 2.47. The van der Waals surface area contributed by atoms with Gasteiger partial charge in [0.15, 0.2) is 17.9 Å². The molecule has 0 aliphatic heterocycles. The monoisotopic (exact) mass is 287 g/mol. The number of carbonyl (C=O) groups excluding carboxylic acids is 1. The number of rotatable bonds is 3. The summed E-state index contributed by atoms with van der Waals surface area (Å²) in [5, 5.41) is 8.04. The van der Waals surface area contributed by atoms with E-state index in [0.717, 1.165) is 11.8 Å². The zero-order valence-electron chi connectivity index (χ0n) is 11.2. The van der Waals surface area contributed by atoms with E-state index in [9.17, 15) is 13.6 Å². The number of aldehydes is 1. The van der Waals surface area contributed by atoms with Gasteiger partial charge in [0.25, 0.3) is 0 Å². The van der Waals surface area contributed by atoms with Gasteiger partial charge >= 0.3 is 0 Å². The Morgan fingerprint density at radius 2 is 1.95 bits per heavy atom. The number of halogens is 2. The molecule has 0 aliphatic carbocycles. The van der Waals surface area contributed by atoms with Gasteiger partial charge in [-0.1, -0.05) is 0 Å². The van der Waals surface area contributed by atoms with E-state index < -0.39 is 11.6 Å². The lowest BCUT2D eigenvalue weighted by Crippen LogP contribution is -1.99. The van der Waals surface area contributed by atoms with Crippen LogP contribution in [0.5, 0.6) is 0 Å². The molecule has 0 saturated heterocycles. The summed E-state index contributed by atoms with van der Waals surface area (Å²) in [5.41, 5.74) is 2.20. The second kappa shape index (κ2) is 5.05. The number of fused-ring (bicyclic) bond motifs is 1. The Hall–Kier alpha value is -2.63. The largest absolute Gasteiger partial charge is 0.341 e. The number of hydrogen-bond acceptors (Lipinski definition) is 3. The summed E-state index contributed by atoms with van der Waals surface area (Å²) in [5.74, 6) is -1.77. The van der Waals surface area contributed by atoms with Crippen molar-refractivity contribution in [3.8, 4) is 11.3 Å². The molecule has 0 amide bonds. The van der Waals surface area contributed by atoms with Gasteiger partial charge in [-0.3, -0.25) is 4.79 Å². The number of benzene rings is 1. The third-order valence-electron chi connectivity index (χ3n) is 3.35. The van der Waals surface area contributed by atoms with Gasteiger partial charge < -0.3 is 4.57 Å². The van der Waals surface area contributed by atoms with E-state index in [0.29, 0.717) is 29.3 Å². The third kappa shape index (κ3) is 2.18. The van der Waals surface area contributed by atoms with E-state index in [2.05, 4.69) is 10.2 Å². The molecule has 0 spiro atoms. The average Bonchev–Trinajstić information content (AvgIpc) is 2.85. The molecule has 21 heavy (non-hydrogen) atoms. The molecular weight excluding hydrogens is 276 g/mol. The maximum Gasteiger partial charge on any atom is 0.170 e. The highest BCUT2D eigenvalue weighted by molar-refractivity contribution is 5.87. The predicted molar refractivity (Wildman–Crippen MR) is 73.9 cm³/mol. The van der Waals surface area contributed by atoms with Crippen molar-refractivity contribution in [1.82, 2.24) is 14.8 Å². The number of carbonyl (C=O) groups is 1. The molecule has 0 N–H and O–H groups in total. The van der Waals surface area contributed by atoms with Gasteiger partial charge in [0.2, 0.25) is 0 Å². The van der Waals surface area contributed by atoms with Crippen molar-refractivity contribution in [2.24, 2.45) is 0 Å². The maximum absolute atomic E-state index is 13.4. The van der Waals surface area contributed by atoms with Crippen molar-refractivity contribution in [2.45, 2.75) is 13.5 Å². The molecule has 1 aromatic carbocycles. The smallest absolute Gasteiger partial charge is 0.170 e. The molecule has 2 aromatic heterocycles. The number of aryl methyl sites for hydroxylation is 1.